The smallest absolute Gasteiger partial charge is 0.380 e. The van der Waals surface area contributed by atoms with E-state index in [4.69, 9.17) is 4.74 Å². The van der Waals surface area contributed by atoms with Crippen molar-refractivity contribution in [2.24, 2.45) is 0 Å². The molecular weight excluding hydrogens is 245 g/mol. The van der Waals surface area contributed by atoms with Crippen LogP contribution >= 0.6 is 0 Å². The first-order chi connectivity index (χ1) is 8.52. The molecule has 1 fully saturated rings. The lowest BCUT2D eigenvalue weighted by atomic mass is 10.1. The molecule has 6 heteroatoms. The number of ether oxygens (including phenoxy) is 1. The average molecular weight is 260 g/mol. The zero-order chi connectivity index (χ0) is 13.2. The topological polar surface area (TPSA) is 25.4 Å². The Hall–Kier alpha value is -1.30. The highest BCUT2D eigenvalue weighted by Gasteiger charge is 2.36. The van der Waals surface area contributed by atoms with E-state index in [1.165, 1.54) is 12.3 Å². The van der Waals surface area contributed by atoms with Crippen LogP contribution in [0.2, 0.25) is 0 Å². The number of methoxy groups -OCH3 is 1. The number of aromatic nitrogens is 1. The third kappa shape index (κ3) is 2.75. The summed E-state index contributed by atoms with van der Waals surface area (Å²) in [5.74, 6) is 0.00625. The van der Waals surface area contributed by atoms with Crippen LogP contribution in [0.4, 0.5) is 19.0 Å². The highest BCUT2D eigenvalue weighted by Crippen LogP contribution is 2.36. The molecule has 0 aliphatic carbocycles. The van der Waals surface area contributed by atoms with Crippen LogP contribution in [0, 0.1) is 0 Å². The van der Waals surface area contributed by atoms with Gasteiger partial charge in [-0.15, -0.1) is 0 Å². The van der Waals surface area contributed by atoms with Gasteiger partial charge in [0.1, 0.15) is 5.82 Å². The summed E-state index contributed by atoms with van der Waals surface area (Å²) in [6.45, 7) is 1.04. The van der Waals surface area contributed by atoms with Crippen LogP contribution in [0.25, 0.3) is 0 Å². The van der Waals surface area contributed by atoms with E-state index in [1.54, 1.807) is 12.0 Å². The second-order valence-corrected chi connectivity index (χ2v) is 4.32. The molecule has 3 nitrogen and oxygen atoms in total. The van der Waals surface area contributed by atoms with Crippen LogP contribution in [-0.4, -0.2) is 31.3 Å². The van der Waals surface area contributed by atoms with E-state index in [2.05, 4.69) is 4.98 Å². The van der Waals surface area contributed by atoms with Crippen molar-refractivity contribution in [3.05, 3.63) is 23.9 Å². The van der Waals surface area contributed by atoms with Gasteiger partial charge in [-0.3, -0.25) is 0 Å². The van der Waals surface area contributed by atoms with E-state index >= 15 is 0 Å². The Kier molecular flexibility index (Phi) is 3.75. The van der Waals surface area contributed by atoms with Crippen LogP contribution in [0.1, 0.15) is 18.4 Å². The van der Waals surface area contributed by atoms with E-state index in [0.29, 0.717) is 13.1 Å². The highest BCUT2D eigenvalue weighted by molar-refractivity contribution is 5.48. The third-order valence-corrected chi connectivity index (χ3v) is 3.10. The summed E-state index contributed by atoms with van der Waals surface area (Å²) < 4.78 is 43.9. The fourth-order valence-electron chi connectivity index (χ4n) is 2.19. The lowest BCUT2D eigenvalue weighted by molar-refractivity contribution is -0.137. The third-order valence-electron chi connectivity index (χ3n) is 3.10. The molecule has 0 saturated carbocycles. The van der Waals surface area contributed by atoms with Crippen molar-refractivity contribution in [1.29, 1.82) is 0 Å². The van der Waals surface area contributed by atoms with Crippen molar-refractivity contribution >= 4 is 5.82 Å². The van der Waals surface area contributed by atoms with Gasteiger partial charge in [0.15, 0.2) is 0 Å². The van der Waals surface area contributed by atoms with Gasteiger partial charge in [-0.1, -0.05) is 0 Å². The van der Waals surface area contributed by atoms with Gasteiger partial charge in [-0.2, -0.15) is 13.2 Å². The Morgan fingerprint density at radius 1 is 1.44 bits per heavy atom. The van der Waals surface area contributed by atoms with Gasteiger partial charge in [-0.05, 0) is 25.0 Å². The number of rotatable bonds is 2. The maximum Gasteiger partial charge on any atom is 0.419 e. The number of pyridine rings is 1. The molecule has 0 aromatic carbocycles. The van der Waals surface area contributed by atoms with Gasteiger partial charge >= 0.3 is 6.18 Å². The van der Waals surface area contributed by atoms with E-state index < -0.39 is 11.7 Å². The summed E-state index contributed by atoms with van der Waals surface area (Å²) in [4.78, 5) is 5.54. The Morgan fingerprint density at radius 2 is 2.22 bits per heavy atom. The summed E-state index contributed by atoms with van der Waals surface area (Å²) >= 11 is 0. The second-order valence-electron chi connectivity index (χ2n) is 4.32. The van der Waals surface area contributed by atoms with Gasteiger partial charge in [0.2, 0.25) is 0 Å². The SMILES string of the molecule is COC1CCCN(c2ncccc2C(F)(F)F)C1. The van der Waals surface area contributed by atoms with Gasteiger partial charge in [0, 0.05) is 26.4 Å². The number of hydrogen-bond acceptors (Lipinski definition) is 3. The Morgan fingerprint density at radius 3 is 2.89 bits per heavy atom. The number of halogens is 3. The summed E-state index contributed by atoms with van der Waals surface area (Å²) in [6, 6.07) is 2.38. The standard InChI is InChI=1S/C12H15F3N2O/c1-18-9-4-3-7-17(8-9)11-10(12(13,14)15)5-2-6-16-11/h2,5-6,9H,3-4,7-8H2,1H3. The number of alkyl halides is 3. The lowest BCUT2D eigenvalue weighted by Gasteiger charge is -2.34. The van der Waals surface area contributed by atoms with Crippen molar-refractivity contribution in [2.75, 3.05) is 25.1 Å². The second kappa shape index (κ2) is 5.14. The normalized spacial score (nSPS) is 21.1. The molecule has 1 aliphatic heterocycles. The van der Waals surface area contributed by atoms with Crippen LogP contribution in [0.15, 0.2) is 18.3 Å². The van der Waals surface area contributed by atoms with E-state index in [0.717, 1.165) is 18.9 Å². The average Bonchev–Trinajstić information content (AvgIpc) is 2.38. The summed E-state index contributed by atoms with van der Waals surface area (Å²) in [5.41, 5.74) is -0.679. The van der Waals surface area contributed by atoms with Crippen molar-refractivity contribution < 1.29 is 17.9 Å². The minimum atomic E-state index is -4.37. The molecule has 0 radical (unpaired) electrons. The Labute approximate surface area is 104 Å². The van der Waals surface area contributed by atoms with E-state index in [9.17, 15) is 13.2 Å². The maximum absolute atomic E-state index is 12.9. The lowest BCUT2D eigenvalue weighted by Crippen LogP contribution is -2.40. The fourth-order valence-corrected chi connectivity index (χ4v) is 2.19. The molecule has 0 bridgehead atoms. The van der Waals surface area contributed by atoms with E-state index in [1.807, 2.05) is 0 Å². The number of piperidine rings is 1. The van der Waals surface area contributed by atoms with Crippen LogP contribution in [-0.2, 0) is 10.9 Å². The van der Waals surface area contributed by atoms with Gasteiger partial charge in [0.05, 0.1) is 11.7 Å². The van der Waals surface area contributed by atoms with Crippen LogP contribution < -0.4 is 4.90 Å². The molecule has 18 heavy (non-hydrogen) atoms. The zero-order valence-electron chi connectivity index (χ0n) is 10.1. The molecule has 2 heterocycles. The van der Waals surface area contributed by atoms with Crippen molar-refractivity contribution in [3.63, 3.8) is 0 Å². The fraction of sp³-hybridized carbons (Fsp3) is 0.583. The first-order valence-electron chi connectivity index (χ1n) is 5.82. The molecule has 1 atom stereocenters. The van der Waals surface area contributed by atoms with Gasteiger partial charge < -0.3 is 9.64 Å². The Bertz CT molecular complexity index is 409. The molecule has 1 unspecified atom stereocenters. The molecule has 2 rings (SSSR count). The molecule has 0 N–H and O–H groups in total. The molecule has 1 aliphatic rings. The van der Waals surface area contributed by atoms with E-state index in [-0.39, 0.29) is 11.9 Å². The predicted octanol–water partition coefficient (Wildman–Crippen LogP) is 2.72. The molecule has 1 aromatic heterocycles. The van der Waals surface area contributed by atoms with Crippen LogP contribution in [0.3, 0.4) is 0 Å². The first-order valence-corrected chi connectivity index (χ1v) is 5.82. The summed E-state index contributed by atoms with van der Waals surface area (Å²) in [7, 11) is 1.58. The molecule has 0 amide bonds. The molecular formula is C12H15F3N2O. The predicted molar refractivity (Wildman–Crippen MR) is 61.5 cm³/mol. The number of anilines is 1. The molecule has 100 valence electrons. The molecule has 1 aromatic rings. The first kappa shape index (κ1) is 13.1. The minimum Gasteiger partial charge on any atom is -0.380 e. The van der Waals surface area contributed by atoms with Crippen LogP contribution in [0.5, 0.6) is 0 Å². The quantitative estimate of drug-likeness (QED) is 0.817. The van der Waals surface area contributed by atoms with Crippen molar-refractivity contribution in [2.45, 2.75) is 25.1 Å². The summed E-state index contributed by atoms with van der Waals surface area (Å²) in [5, 5.41) is 0. The van der Waals surface area contributed by atoms with Crippen molar-refractivity contribution in [1.82, 2.24) is 4.98 Å². The summed E-state index contributed by atoms with van der Waals surface area (Å²) in [6.07, 6.45) is -1.32. The highest BCUT2D eigenvalue weighted by atomic mass is 19.4. The number of nitrogens with zero attached hydrogens (tertiary/aromatic N) is 2. The van der Waals surface area contributed by atoms with Gasteiger partial charge in [0.25, 0.3) is 0 Å². The molecule has 1 saturated heterocycles. The minimum absolute atomic E-state index is 0.00625. The Balaban J connectivity index is 2.27. The maximum atomic E-state index is 12.9. The number of hydrogen-bond donors (Lipinski definition) is 0. The monoisotopic (exact) mass is 260 g/mol. The zero-order valence-corrected chi connectivity index (χ0v) is 10.1. The largest absolute Gasteiger partial charge is 0.419 e. The molecule has 0 spiro atoms. The van der Waals surface area contributed by atoms with Crippen molar-refractivity contribution in [3.8, 4) is 0 Å². The van der Waals surface area contributed by atoms with Gasteiger partial charge in [-0.25, -0.2) is 4.98 Å².